The summed E-state index contributed by atoms with van der Waals surface area (Å²) in [5.41, 5.74) is 1.66. The summed E-state index contributed by atoms with van der Waals surface area (Å²) in [6.45, 7) is 5.21. The van der Waals surface area contributed by atoms with E-state index in [0.29, 0.717) is 10.6 Å². The average Bonchev–Trinajstić information content (AvgIpc) is 2.44. The Morgan fingerprint density at radius 2 is 1.95 bits per heavy atom. The smallest absolute Gasteiger partial charge is 0.338 e. The third-order valence-electron chi connectivity index (χ3n) is 3.57. The number of piperidine rings is 1. The number of aryl methyl sites for hydroxylation is 2. The molecule has 0 bridgehead atoms. The van der Waals surface area contributed by atoms with Crippen molar-refractivity contribution in [3.8, 4) is 0 Å². The SMILES string of the molecule is Cc1cc(C)c(C(=O)O)c(SCC(=O)N2CCCCC2)n1. The van der Waals surface area contributed by atoms with Gasteiger partial charge in [-0.2, -0.15) is 0 Å². The third-order valence-corrected chi connectivity index (χ3v) is 4.53. The van der Waals surface area contributed by atoms with E-state index in [1.165, 1.54) is 18.2 Å². The van der Waals surface area contributed by atoms with E-state index in [4.69, 9.17) is 0 Å². The lowest BCUT2D eigenvalue weighted by Gasteiger charge is -2.26. The van der Waals surface area contributed by atoms with Gasteiger partial charge in [-0.3, -0.25) is 4.79 Å². The van der Waals surface area contributed by atoms with Gasteiger partial charge in [0.2, 0.25) is 5.91 Å². The standard InChI is InChI=1S/C15H20N2O3S/c1-10-8-11(2)16-14(13(10)15(19)20)21-9-12(18)17-6-4-3-5-7-17/h8H,3-7,9H2,1-2H3,(H,19,20). The van der Waals surface area contributed by atoms with Crippen LogP contribution in [0.1, 0.15) is 40.9 Å². The molecule has 0 aliphatic carbocycles. The zero-order valence-corrected chi connectivity index (χ0v) is 13.2. The van der Waals surface area contributed by atoms with E-state index in [1.54, 1.807) is 13.0 Å². The first kappa shape index (κ1) is 15.8. The molecule has 0 spiro atoms. The van der Waals surface area contributed by atoms with E-state index in [0.717, 1.165) is 31.6 Å². The second-order valence-electron chi connectivity index (χ2n) is 5.30. The van der Waals surface area contributed by atoms with Crippen molar-refractivity contribution < 1.29 is 14.7 Å². The molecule has 21 heavy (non-hydrogen) atoms. The summed E-state index contributed by atoms with van der Waals surface area (Å²) < 4.78 is 0. The van der Waals surface area contributed by atoms with Crippen LogP contribution in [0.2, 0.25) is 0 Å². The number of aromatic carboxylic acids is 1. The number of amides is 1. The van der Waals surface area contributed by atoms with Crippen molar-refractivity contribution >= 4 is 23.6 Å². The molecule has 1 aromatic heterocycles. The summed E-state index contributed by atoms with van der Waals surface area (Å²) in [6.07, 6.45) is 3.29. The first-order valence-corrected chi connectivity index (χ1v) is 8.09. The van der Waals surface area contributed by atoms with Crippen LogP contribution < -0.4 is 0 Å². The van der Waals surface area contributed by atoms with Crippen LogP contribution in [-0.2, 0) is 4.79 Å². The van der Waals surface area contributed by atoms with E-state index >= 15 is 0 Å². The van der Waals surface area contributed by atoms with E-state index in [1.807, 2.05) is 11.8 Å². The Morgan fingerprint density at radius 1 is 1.29 bits per heavy atom. The number of hydrogen-bond acceptors (Lipinski definition) is 4. The molecular weight excluding hydrogens is 288 g/mol. The summed E-state index contributed by atoms with van der Waals surface area (Å²) in [5.74, 6) is -0.680. The Kier molecular flexibility index (Phi) is 5.22. The van der Waals surface area contributed by atoms with Crippen molar-refractivity contribution in [2.45, 2.75) is 38.1 Å². The van der Waals surface area contributed by atoms with Gasteiger partial charge in [0.25, 0.3) is 0 Å². The maximum absolute atomic E-state index is 12.2. The molecule has 0 saturated carbocycles. The second-order valence-corrected chi connectivity index (χ2v) is 6.26. The summed E-state index contributed by atoms with van der Waals surface area (Å²) >= 11 is 1.22. The van der Waals surface area contributed by atoms with Gasteiger partial charge in [-0.1, -0.05) is 11.8 Å². The fourth-order valence-electron chi connectivity index (χ4n) is 2.53. The number of pyridine rings is 1. The number of thioether (sulfide) groups is 1. The number of carbonyl (C=O) groups is 2. The van der Waals surface area contributed by atoms with Crippen molar-refractivity contribution in [1.82, 2.24) is 9.88 Å². The minimum atomic E-state index is -0.993. The number of carboxylic acid groups (broad SMARTS) is 1. The average molecular weight is 308 g/mol. The summed E-state index contributed by atoms with van der Waals surface area (Å²) in [4.78, 5) is 29.6. The van der Waals surface area contributed by atoms with Gasteiger partial charge in [0, 0.05) is 18.8 Å². The van der Waals surface area contributed by atoms with Crippen LogP contribution in [0.4, 0.5) is 0 Å². The second kappa shape index (κ2) is 6.93. The number of likely N-dealkylation sites (tertiary alicyclic amines) is 1. The van der Waals surface area contributed by atoms with Crippen LogP contribution in [0.3, 0.4) is 0 Å². The molecule has 6 heteroatoms. The maximum atomic E-state index is 12.2. The molecule has 0 radical (unpaired) electrons. The molecule has 1 fully saturated rings. The van der Waals surface area contributed by atoms with Gasteiger partial charge < -0.3 is 10.0 Å². The molecule has 1 N–H and O–H groups in total. The number of carbonyl (C=O) groups excluding carboxylic acids is 1. The Balaban J connectivity index is 2.08. The highest BCUT2D eigenvalue weighted by Crippen LogP contribution is 2.25. The van der Waals surface area contributed by atoms with Crippen LogP contribution in [0.25, 0.3) is 0 Å². The predicted octanol–water partition coefficient (Wildman–Crippen LogP) is 2.50. The summed E-state index contributed by atoms with van der Waals surface area (Å²) in [7, 11) is 0. The zero-order valence-electron chi connectivity index (χ0n) is 12.4. The summed E-state index contributed by atoms with van der Waals surface area (Å²) in [6, 6.07) is 1.75. The molecule has 1 amide bonds. The molecule has 0 unspecified atom stereocenters. The van der Waals surface area contributed by atoms with Crippen molar-refractivity contribution in [1.29, 1.82) is 0 Å². The molecular formula is C15H20N2O3S. The first-order valence-electron chi connectivity index (χ1n) is 7.11. The lowest BCUT2D eigenvalue weighted by molar-refractivity contribution is -0.129. The molecule has 1 aliphatic rings. The van der Waals surface area contributed by atoms with Crippen LogP contribution >= 0.6 is 11.8 Å². The number of rotatable bonds is 4. The van der Waals surface area contributed by atoms with E-state index in [9.17, 15) is 14.7 Å². The van der Waals surface area contributed by atoms with Crippen molar-refractivity contribution in [2.75, 3.05) is 18.8 Å². The van der Waals surface area contributed by atoms with Crippen LogP contribution in [0.15, 0.2) is 11.1 Å². The van der Waals surface area contributed by atoms with Crippen molar-refractivity contribution in [3.63, 3.8) is 0 Å². The Morgan fingerprint density at radius 3 is 2.57 bits per heavy atom. The molecule has 114 valence electrons. The highest BCUT2D eigenvalue weighted by Gasteiger charge is 2.20. The minimum absolute atomic E-state index is 0.0667. The zero-order chi connectivity index (χ0) is 15.4. The van der Waals surface area contributed by atoms with Crippen molar-refractivity contribution in [3.05, 3.63) is 22.9 Å². The van der Waals surface area contributed by atoms with Crippen molar-refractivity contribution in [2.24, 2.45) is 0 Å². The Bertz CT molecular complexity index is 554. The maximum Gasteiger partial charge on any atom is 0.338 e. The number of carboxylic acids is 1. The van der Waals surface area contributed by atoms with E-state index < -0.39 is 5.97 Å². The quantitative estimate of drug-likeness (QED) is 0.865. The highest BCUT2D eigenvalue weighted by molar-refractivity contribution is 8.00. The lowest BCUT2D eigenvalue weighted by Crippen LogP contribution is -2.36. The molecule has 2 rings (SSSR count). The van der Waals surface area contributed by atoms with Gasteiger partial charge in [0.15, 0.2) is 0 Å². The van der Waals surface area contributed by atoms with Gasteiger partial charge >= 0.3 is 5.97 Å². The lowest BCUT2D eigenvalue weighted by atomic mass is 10.1. The molecule has 0 aromatic carbocycles. The van der Waals surface area contributed by atoms with Crippen LogP contribution in [-0.4, -0.2) is 45.7 Å². The molecule has 0 atom stereocenters. The number of aromatic nitrogens is 1. The van der Waals surface area contributed by atoms with Gasteiger partial charge in [0.05, 0.1) is 11.3 Å². The number of hydrogen-bond donors (Lipinski definition) is 1. The topological polar surface area (TPSA) is 70.5 Å². The summed E-state index contributed by atoms with van der Waals surface area (Å²) in [5, 5.41) is 9.74. The molecule has 1 saturated heterocycles. The monoisotopic (exact) mass is 308 g/mol. The Labute approximate surface area is 128 Å². The van der Waals surface area contributed by atoms with Gasteiger partial charge in [-0.25, -0.2) is 9.78 Å². The number of nitrogens with zero attached hydrogens (tertiary/aromatic N) is 2. The van der Waals surface area contributed by atoms with Crippen LogP contribution in [0, 0.1) is 13.8 Å². The molecule has 1 aromatic rings. The molecule has 2 heterocycles. The van der Waals surface area contributed by atoms with Gasteiger partial charge in [0.1, 0.15) is 5.03 Å². The van der Waals surface area contributed by atoms with Gasteiger partial charge in [-0.15, -0.1) is 0 Å². The van der Waals surface area contributed by atoms with Crippen LogP contribution in [0.5, 0.6) is 0 Å². The molecule has 1 aliphatic heterocycles. The normalized spacial score (nSPS) is 15.0. The molecule has 5 nitrogen and oxygen atoms in total. The fraction of sp³-hybridized carbons (Fsp3) is 0.533. The Hall–Kier alpha value is -1.56. The van der Waals surface area contributed by atoms with E-state index in [-0.39, 0.29) is 17.2 Å². The highest BCUT2D eigenvalue weighted by atomic mass is 32.2. The first-order chi connectivity index (χ1) is 9.99. The third kappa shape index (κ3) is 3.97. The predicted molar refractivity (Wildman–Crippen MR) is 81.8 cm³/mol. The fourth-order valence-corrected chi connectivity index (χ4v) is 3.58. The largest absolute Gasteiger partial charge is 0.478 e. The minimum Gasteiger partial charge on any atom is -0.478 e. The van der Waals surface area contributed by atoms with Gasteiger partial charge in [-0.05, 0) is 44.7 Å². The van der Waals surface area contributed by atoms with E-state index in [2.05, 4.69) is 4.98 Å².